The van der Waals surface area contributed by atoms with Crippen LogP contribution in [0.15, 0.2) is 48.5 Å². The van der Waals surface area contributed by atoms with E-state index < -0.39 is 11.7 Å². The van der Waals surface area contributed by atoms with E-state index in [2.05, 4.69) is 17.2 Å². The molecule has 1 saturated heterocycles. The lowest BCUT2D eigenvalue weighted by Crippen LogP contribution is -2.53. The van der Waals surface area contributed by atoms with Crippen molar-refractivity contribution in [3.63, 3.8) is 0 Å². The van der Waals surface area contributed by atoms with Gasteiger partial charge in [-0.2, -0.15) is 13.2 Å². The Bertz CT molecular complexity index is 1000. The molecule has 1 heterocycles. The molecule has 1 fully saturated rings. The molecule has 0 atom stereocenters. The van der Waals surface area contributed by atoms with Crippen LogP contribution in [0.3, 0.4) is 0 Å². The number of benzene rings is 2. The number of hydrogen-bond donors (Lipinski definition) is 2. The van der Waals surface area contributed by atoms with E-state index in [1.807, 2.05) is 0 Å². The van der Waals surface area contributed by atoms with Crippen molar-refractivity contribution in [3.05, 3.63) is 65.2 Å². The van der Waals surface area contributed by atoms with Crippen LogP contribution < -0.4 is 5.32 Å². The molecule has 162 valence electrons. The van der Waals surface area contributed by atoms with Crippen molar-refractivity contribution >= 4 is 11.9 Å². The van der Waals surface area contributed by atoms with E-state index in [0.717, 1.165) is 12.1 Å². The fourth-order valence-electron chi connectivity index (χ4n) is 3.05. The maximum absolute atomic E-state index is 12.7. The third kappa shape index (κ3) is 5.92. The highest BCUT2D eigenvalue weighted by atomic mass is 19.4. The molecule has 3 amide bonds. The first kappa shape index (κ1) is 22.0. The fraction of sp³-hybridized carbons (Fsp3) is 0.273. The number of rotatable bonds is 2. The van der Waals surface area contributed by atoms with Crippen LogP contribution in [0.25, 0.3) is 0 Å². The van der Waals surface area contributed by atoms with E-state index in [1.165, 1.54) is 24.3 Å². The van der Waals surface area contributed by atoms with Gasteiger partial charge >= 0.3 is 12.2 Å². The lowest BCUT2D eigenvalue weighted by molar-refractivity contribution is -0.137. The molecule has 31 heavy (non-hydrogen) atoms. The van der Waals surface area contributed by atoms with Crippen molar-refractivity contribution in [2.75, 3.05) is 32.7 Å². The summed E-state index contributed by atoms with van der Waals surface area (Å²) in [4.78, 5) is 27.9. The SMILES string of the molecule is O=C(NCC#Cc1cccc(C(F)(F)F)c1)N1CCN(C(=O)c2ccc(O)cc2)CC1. The molecule has 9 heteroatoms. The number of carbonyl (C=O) groups excluding carboxylic acids is 2. The molecule has 0 bridgehead atoms. The number of carbonyl (C=O) groups is 2. The zero-order chi connectivity index (χ0) is 22.4. The summed E-state index contributed by atoms with van der Waals surface area (Å²) in [5.74, 6) is 5.15. The number of amides is 3. The second kappa shape index (κ2) is 9.43. The van der Waals surface area contributed by atoms with Crippen molar-refractivity contribution < 1.29 is 27.9 Å². The number of phenols is 1. The summed E-state index contributed by atoms with van der Waals surface area (Å²) in [5.41, 5.74) is -0.103. The van der Waals surface area contributed by atoms with Crippen LogP contribution in [0.1, 0.15) is 21.5 Å². The Labute approximate surface area is 177 Å². The Balaban J connectivity index is 1.46. The molecule has 0 spiro atoms. The Morgan fingerprint density at radius 2 is 1.65 bits per heavy atom. The summed E-state index contributed by atoms with van der Waals surface area (Å²) in [5, 5.41) is 11.9. The number of piperazine rings is 1. The van der Waals surface area contributed by atoms with Gasteiger partial charge in [-0.05, 0) is 42.5 Å². The highest BCUT2D eigenvalue weighted by Crippen LogP contribution is 2.29. The van der Waals surface area contributed by atoms with Gasteiger partial charge in [0.15, 0.2) is 0 Å². The van der Waals surface area contributed by atoms with Gasteiger partial charge in [0.25, 0.3) is 5.91 Å². The van der Waals surface area contributed by atoms with Crippen LogP contribution >= 0.6 is 0 Å². The second-order valence-electron chi connectivity index (χ2n) is 6.87. The summed E-state index contributed by atoms with van der Waals surface area (Å²) in [6.45, 7) is 1.40. The molecule has 2 aromatic rings. The standard InChI is InChI=1S/C22H20F3N3O3/c23-22(24,25)18-5-1-3-16(15-18)4-2-10-26-21(31)28-13-11-27(12-14-28)20(30)17-6-8-19(29)9-7-17/h1,3,5-9,15,29H,10-14H2,(H,26,31). The maximum Gasteiger partial charge on any atom is 0.416 e. The molecular formula is C22H20F3N3O3. The van der Waals surface area contributed by atoms with Gasteiger partial charge < -0.3 is 20.2 Å². The molecule has 3 rings (SSSR count). The van der Waals surface area contributed by atoms with E-state index in [-0.39, 0.29) is 29.8 Å². The molecular weight excluding hydrogens is 411 g/mol. The molecule has 0 aliphatic carbocycles. The van der Waals surface area contributed by atoms with Gasteiger partial charge in [-0.3, -0.25) is 4.79 Å². The van der Waals surface area contributed by atoms with Crippen molar-refractivity contribution in [2.24, 2.45) is 0 Å². The minimum atomic E-state index is -4.43. The minimum Gasteiger partial charge on any atom is -0.508 e. The molecule has 2 aromatic carbocycles. The highest BCUT2D eigenvalue weighted by Gasteiger charge is 2.30. The molecule has 0 radical (unpaired) electrons. The van der Waals surface area contributed by atoms with E-state index >= 15 is 0 Å². The number of nitrogens with zero attached hydrogens (tertiary/aromatic N) is 2. The predicted molar refractivity (Wildman–Crippen MR) is 107 cm³/mol. The quantitative estimate of drug-likeness (QED) is 0.719. The van der Waals surface area contributed by atoms with E-state index in [0.29, 0.717) is 31.7 Å². The summed E-state index contributed by atoms with van der Waals surface area (Å²) in [7, 11) is 0. The zero-order valence-electron chi connectivity index (χ0n) is 16.4. The van der Waals surface area contributed by atoms with Crippen molar-refractivity contribution in [2.45, 2.75) is 6.18 Å². The highest BCUT2D eigenvalue weighted by molar-refractivity contribution is 5.94. The van der Waals surface area contributed by atoms with E-state index in [1.54, 1.807) is 21.9 Å². The average molecular weight is 431 g/mol. The Hall–Kier alpha value is -3.67. The van der Waals surface area contributed by atoms with Gasteiger partial charge in [0, 0.05) is 37.3 Å². The topological polar surface area (TPSA) is 72.9 Å². The smallest absolute Gasteiger partial charge is 0.416 e. The average Bonchev–Trinajstić information content (AvgIpc) is 2.76. The summed E-state index contributed by atoms with van der Waals surface area (Å²) >= 11 is 0. The Morgan fingerprint density at radius 3 is 2.29 bits per heavy atom. The number of halogens is 3. The minimum absolute atomic E-state index is 0.0122. The van der Waals surface area contributed by atoms with Gasteiger partial charge in [-0.1, -0.05) is 17.9 Å². The van der Waals surface area contributed by atoms with Gasteiger partial charge in [0.05, 0.1) is 12.1 Å². The van der Waals surface area contributed by atoms with Crippen LogP contribution in [0.2, 0.25) is 0 Å². The lowest BCUT2D eigenvalue weighted by Gasteiger charge is -2.34. The number of hydrogen-bond acceptors (Lipinski definition) is 3. The van der Waals surface area contributed by atoms with Crippen LogP contribution in [-0.2, 0) is 6.18 Å². The molecule has 0 saturated carbocycles. The number of urea groups is 1. The van der Waals surface area contributed by atoms with Gasteiger partial charge in [-0.15, -0.1) is 0 Å². The van der Waals surface area contributed by atoms with Crippen molar-refractivity contribution in [3.8, 4) is 17.6 Å². The number of phenolic OH excluding ortho intramolecular Hbond substituents is 1. The van der Waals surface area contributed by atoms with Crippen LogP contribution in [0, 0.1) is 11.8 Å². The number of nitrogens with one attached hydrogen (secondary N) is 1. The molecule has 0 unspecified atom stereocenters. The maximum atomic E-state index is 12.7. The summed E-state index contributed by atoms with van der Waals surface area (Å²) in [6.07, 6.45) is -4.43. The first-order valence-electron chi connectivity index (χ1n) is 9.51. The third-order valence-corrected chi connectivity index (χ3v) is 4.72. The van der Waals surface area contributed by atoms with Crippen molar-refractivity contribution in [1.82, 2.24) is 15.1 Å². The van der Waals surface area contributed by atoms with Crippen LogP contribution in [-0.4, -0.2) is 59.6 Å². The van der Waals surface area contributed by atoms with E-state index in [4.69, 9.17) is 0 Å². The largest absolute Gasteiger partial charge is 0.508 e. The van der Waals surface area contributed by atoms with Crippen molar-refractivity contribution in [1.29, 1.82) is 0 Å². The fourth-order valence-corrected chi connectivity index (χ4v) is 3.05. The molecule has 6 nitrogen and oxygen atoms in total. The Kier molecular flexibility index (Phi) is 6.70. The third-order valence-electron chi connectivity index (χ3n) is 4.72. The Morgan fingerprint density at radius 1 is 1.00 bits per heavy atom. The molecule has 2 N–H and O–H groups in total. The molecule has 1 aliphatic heterocycles. The van der Waals surface area contributed by atoms with Crippen LogP contribution in [0.5, 0.6) is 5.75 Å². The number of alkyl halides is 3. The zero-order valence-corrected chi connectivity index (χ0v) is 16.4. The van der Waals surface area contributed by atoms with Gasteiger partial charge in [0.1, 0.15) is 5.75 Å². The summed E-state index contributed by atoms with van der Waals surface area (Å²) in [6, 6.07) is 10.3. The number of aromatic hydroxyl groups is 1. The first-order chi connectivity index (χ1) is 14.7. The molecule has 1 aliphatic rings. The molecule has 0 aromatic heterocycles. The predicted octanol–water partition coefficient (Wildman–Crippen LogP) is 2.93. The van der Waals surface area contributed by atoms with E-state index in [9.17, 15) is 27.9 Å². The van der Waals surface area contributed by atoms with Gasteiger partial charge in [0.2, 0.25) is 0 Å². The van der Waals surface area contributed by atoms with Gasteiger partial charge in [-0.25, -0.2) is 4.79 Å². The second-order valence-corrected chi connectivity index (χ2v) is 6.87. The monoisotopic (exact) mass is 431 g/mol. The normalized spacial score (nSPS) is 13.9. The van der Waals surface area contributed by atoms with Crippen LogP contribution in [0.4, 0.5) is 18.0 Å². The lowest BCUT2D eigenvalue weighted by atomic mass is 10.1. The first-order valence-corrected chi connectivity index (χ1v) is 9.51. The summed E-state index contributed by atoms with van der Waals surface area (Å²) < 4.78 is 38.1.